The molecule has 0 spiro atoms. The SMILES string of the molecule is CCCC(N)CCCC(=N)N. The Hall–Kier alpha value is -0.570. The molecule has 0 saturated heterocycles. The van der Waals surface area contributed by atoms with Crippen molar-refractivity contribution in [1.29, 1.82) is 5.41 Å². The zero-order valence-corrected chi connectivity index (χ0v) is 7.27. The number of hydrogen-bond donors (Lipinski definition) is 3. The standard InChI is InChI=1S/C8H19N3/c1-2-4-7(9)5-3-6-8(10)11/h7H,2-6,9H2,1H3,(H3,10,11). The van der Waals surface area contributed by atoms with E-state index in [1.165, 1.54) is 0 Å². The molecule has 3 heteroatoms. The van der Waals surface area contributed by atoms with Gasteiger partial charge in [0.05, 0.1) is 5.84 Å². The lowest BCUT2D eigenvalue weighted by Gasteiger charge is -2.08. The number of rotatable bonds is 6. The van der Waals surface area contributed by atoms with Gasteiger partial charge in [-0.1, -0.05) is 13.3 Å². The minimum absolute atomic E-state index is 0.272. The van der Waals surface area contributed by atoms with Crippen LogP contribution in [0.4, 0.5) is 0 Å². The molecule has 3 nitrogen and oxygen atoms in total. The van der Waals surface area contributed by atoms with Gasteiger partial charge in [0.2, 0.25) is 0 Å². The van der Waals surface area contributed by atoms with Gasteiger partial charge in [0.15, 0.2) is 0 Å². The number of nitrogens with one attached hydrogen (secondary N) is 1. The molecule has 0 amide bonds. The van der Waals surface area contributed by atoms with E-state index in [1.54, 1.807) is 0 Å². The van der Waals surface area contributed by atoms with E-state index in [0.717, 1.165) is 25.7 Å². The summed E-state index contributed by atoms with van der Waals surface area (Å²) in [5.74, 6) is 0.272. The van der Waals surface area contributed by atoms with Gasteiger partial charge >= 0.3 is 0 Å². The third-order valence-electron chi connectivity index (χ3n) is 1.68. The van der Waals surface area contributed by atoms with Gasteiger partial charge in [-0.15, -0.1) is 0 Å². The van der Waals surface area contributed by atoms with Crippen LogP contribution in [-0.2, 0) is 0 Å². The van der Waals surface area contributed by atoms with Crippen molar-refractivity contribution in [1.82, 2.24) is 0 Å². The molecule has 0 aromatic rings. The summed E-state index contributed by atoms with van der Waals surface area (Å²) < 4.78 is 0. The molecule has 0 fully saturated rings. The van der Waals surface area contributed by atoms with Crippen molar-refractivity contribution in [3.05, 3.63) is 0 Å². The minimum atomic E-state index is 0.272. The summed E-state index contributed by atoms with van der Waals surface area (Å²) in [5.41, 5.74) is 11.0. The molecule has 0 heterocycles. The molecule has 0 aliphatic rings. The van der Waals surface area contributed by atoms with Crippen LogP contribution in [0.5, 0.6) is 0 Å². The molecular weight excluding hydrogens is 138 g/mol. The molecule has 0 aliphatic carbocycles. The smallest absolute Gasteiger partial charge is 0.0905 e. The molecular formula is C8H19N3. The Balaban J connectivity index is 3.16. The maximum atomic E-state index is 6.98. The first-order valence-corrected chi connectivity index (χ1v) is 4.25. The molecule has 0 radical (unpaired) electrons. The minimum Gasteiger partial charge on any atom is -0.388 e. The highest BCUT2D eigenvalue weighted by Gasteiger charge is 2.00. The van der Waals surface area contributed by atoms with E-state index in [-0.39, 0.29) is 5.84 Å². The van der Waals surface area contributed by atoms with Crippen molar-refractivity contribution < 1.29 is 0 Å². The highest BCUT2D eigenvalue weighted by molar-refractivity contribution is 5.76. The Labute approximate surface area is 68.7 Å². The van der Waals surface area contributed by atoms with Crippen molar-refractivity contribution in [2.75, 3.05) is 0 Å². The van der Waals surface area contributed by atoms with Crippen LogP contribution >= 0.6 is 0 Å². The van der Waals surface area contributed by atoms with E-state index in [9.17, 15) is 0 Å². The number of nitrogens with two attached hydrogens (primary N) is 2. The van der Waals surface area contributed by atoms with Crippen LogP contribution in [0.25, 0.3) is 0 Å². The van der Waals surface area contributed by atoms with Crippen molar-refractivity contribution in [2.45, 2.75) is 45.1 Å². The van der Waals surface area contributed by atoms with Gasteiger partial charge in [-0.25, -0.2) is 0 Å². The summed E-state index contributed by atoms with van der Waals surface area (Å²) in [6.07, 6.45) is 4.86. The molecule has 0 bridgehead atoms. The highest BCUT2D eigenvalue weighted by atomic mass is 14.7. The molecule has 0 aliphatic heterocycles. The highest BCUT2D eigenvalue weighted by Crippen LogP contribution is 2.03. The van der Waals surface area contributed by atoms with Gasteiger partial charge in [-0.2, -0.15) is 0 Å². The average Bonchev–Trinajstić information content (AvgIpc) is 1.87. The molecule has 11 heavy (non-hydrogen) atoms. The van der Waals surface area contributed by atoms with Crippen LogP contribution in [0.3, 0.4) is 0 Å². The summed E-state index contributed by atoms with van der Waals surface area (Å²) in [6.45, 7) is 2.13. The average molecular weight is 157 g/mol. The largest absolute Gasteiger partial charge is 0.388 e. The lowest BCUT2D eigenvalue weighted by atomic mass is 10.1. The quantitative estimate of drug-likeness (QED) is 0.400. The Kier molecular flexibility index (Phi) is 5.84. The third-order valence-corrected chi connectivity index (χ3v) is 1.68. The van der Waals surface area contributed by atoms with Crippen molar-refractivity contribution in [3.63, 3.8) is 0 Å². The Morgan fingerprint density at radius 1 is 1.45 bits per heavy atom. The summed E-state index contributed by atoms with van der Waals surface area (Å²) in [4.78, 5) is 0. The first kappa shape index (κ1) is 10.4. The maximum Gasteiger partial charge on any atom is 0.0905 e. The van der Waals surface area contributed by atoms with Crippen LogP contribution in [0.15, 0.2) is 0 Å². The molecule has 0 aromatic carbocycles. The van der Waals surface area contributed by atoms with Crippen LogP contribution in [0, 0.1) is 5.41 Å². The predicted octanol–water partition coefficient (Wildman–Crippen LogP) is 1.22. The maximum absolute atomic E-state index is 6.98. The van der Waals surface area contributed by atoms with Gasteiger partial charge in [0.25, 0.3) is 0 Å². The van der Waals surface area contributed by atoms with Crippen molar-refractivity contribution in [3.8, 4) is 0 Å². The Bertz CT molecular complexity index is 112. The fraction of sp³-hybridized carbons (Fsp3) is 0.875. The van der Waals surface area contributed by atoms with Gasteiger partial charge in [-0.05, 0) is 19.3 Å². The van der Waals surface area contributed by atoms with Crippen LogP contribution in [0.1, 0.15) is 39.0 Å². The zero-order valence-electron chi connectivity index (χ0n) is 7.27. The predicted molar refractivity (Wildman–Crippen MR) is 48.6 cm³/mol. The van der Waals surface area contributed by atoms with E-state index in [2.05, 4.69) is 6.92 Å². The van der Waals surface area contributed by atoms with Gasteiger partial charge in [0.1, 0.15) is 0 Å². The fourth-order valence-corrected chi connectivity index (χ4v) is 1.07. The summed E-state index contributed by atoms with van der Waals surface area (Å²) in [5, 5.41) is 6.98. The molecule has 66 valence electrons. The fourth-order valence-electron chi connectivity index (χ4n) is 1.07. The van der Waals surface area contributed by atoms with Crippen molar-refractivity contribution >= 4 is 5.84 Å². The molecule has 1 unspecified atom stereocenters. The number of hydrogen-bond acceptors (Lipinski definition) is 2. The van der Waals surface area contributed by atoms with E-state index in [1.807, 2.05) is 0 Å². The number of amidine groups is 1. The van der Waals surface area contributed by atoms with Gasteiger partial charge < -0.3 is 11.5 Å². The second kappa shape index (κ2) is 6.16. The molecule has 0 rings (SSSR count). The van der Waals surface area contributed by atoms with Crippen LogP contribution in [0.2, 0.25) is 0 Å². The van der Waals surface area contributed by atoms with Crippen LogP contribution in [-0.4, -0.2) is 11.9 Å². The molecule has 1 atom stereocenters. The monoisotopic (exact) mass is 157 g/mol. The topological polar surface area (TPSA) is 75.9 Å². The molecule has 5 N–H and O–H groups in total. The Morgan fingerprint density at radius 2 is 2.09 bits per heavy atom. The first-order valence-electron chi connectivity index (χ1n) is 4.25. The third kappa shape index (κ3) is 7.33. The molecule has 0 saturated carbocycles. The summed E-state index contributed by atoms with van der Waals surface area (Å²) in [6, 6.07) is 0.305. The second-order valence-electron chi connectivity index (χ2n) is 2.97. The Morgan fingerprint density at radius 3 is 2.55 bits per heavy atom. The molecule has 0 aromatic heterocycles. The zero-order chi connectivity index (χ0) is 8.69. The van der Waals surface area contributed by atoms with E-state index < -0.39 is 0 Å². The first-order chi connectivity index (χ1) is 5.16. The van der Waals surface area contributed by atoms with Gasteiger partial charge in [0, 0.05) is 12.5 Å². The normalized spacial score (nSPS) is 12.9. The van der Waals surface area contributed by atoms with E-state index in [0.29, 0.717) is 12.5 Å². The van der Waals surface area contributed by atoms with Crippen LogP contribution < -0.4 is 11.5 Å². The lowest BCUT2D eigenvalue weighted by molar-refractivity contribution is 0.545. The van der Waals surface area contributed by atoms with Crippen molar-refractivity contribution in [2.24, 2.45) is 11.5 Å². The van der Waals surface area contributed by atoms with E-state index in [4.69, 9.17) is 16.9 Å². The summed E-state index contributed by atoms with van der Waals surface area (Å²) >= 11 is 0. The lowest BCUT2D eigenvalue weighted by Crippen LogP contribution is -2.20. The van der Waals surface area contributed by atoms with E-state index >= 15 is 0 Å². The van der Waals surface area contributed by atoms with Gasteiger partial charge in [-0.3, -0.25) is 5.41 Å². The second-order valence-corrected chi connectivity index (χ2v) is 2.97. The summed E-state index contributed by atoms with van der Waals surface area (Å²) in [7, 11) is 0.